The molecule has 4 nitrogen and oxygen atoms in total. The Kier molecular flexibility index (Phi) is 2.80. The molecule has 0 amide bonds. The number of nitrogens with zero attached hydrogens (tertiary/aromatic N) is 4. The Morgan fingerprint density at radius 3 is 2.94 bits per heavy atom. The zero-order valence-corrected chi connectivity index (χ0v) is 9.86. The van der Waals surface area contributed by atoms with Gasteiger partial charge < -0.3 is 0 Å². The highest BCUT2D eigenvalue weighted by atomic mass is 35.5. The van der Waals surface area contributed by atoms with E-state index in [1.54, 1.807) is 12.3 Å². The van der Waals surface area contributed by atoms with Crippen LogP contribution in [0.2, 0.25) is 5.02 Å². The van der Waals surface area contributed by atoms with Gasteiger partial charge in [0, 0.05) is 12.1 Å². The molecule has 0 saturated carbocycles. The molecule has 82 valence electrons. The van der Waals surface area contributed by atoms with Crippen molar-refractivity contribution in [1.82, 2.24) is 14.5 Å². The first kappa shape index (κ1) is 10.9. The van der Waals surface area contributed by atoms with Crippen LogP contribution in [0.3, 0.4) is 0 Å². The first-order valence-electron chi connectivity index (χ1n) is 5.02. The molecule has 0 aliphatic rings. The molecule has 16 heavy (non-hydrogen) atoms. The normalized spacial score (nSPS) is 10.9. The van der Waals surface area contributed by atoms with E-state index >= 15 is 0 Å². The summed E-state index contributed by atoms with van der Waals surface area (Å²) in [7, 11) is 0. The van der Waals surface area contributed by atoms with Crippen LogP contribution in [0.1, 0.15) is 25.6 Å². The van der Waals surface area contributed by atoms with E-state index in [2.05, 4.69) is 16.0 Å². The summed E-state index contributed by atoms with van der Waals surface area (Å²) in [6.07, 6.45) is 1.57. The Balaban J connectivity index is 2.71. The van der Waals surface area contributed by atoms with Crippen LogP contribution in [-0.2, 0) is 6.54 Å². The number of aromatic nitrogens is 3. The van der Waals surface area contributed by atoms with E-state index in [4.69, 9.17) is 16.9 Å². The van der Waals surface area contributed by atoms with Gasteiger partial charge in [-0.25, -0.2) is 9.97 Å². The minimum absolute atomic E-state index is 0.251. The van der Waals surface area contributed by atoms with E-state index < -0.39 is 0 Å². The average Bonchev–Trinajstić information content (AvgIpc) is 2.57. The molecule has 0 unspecified atom stereocenters. The lowest BCUT2D eigenvalue weighted by atomic mass is 10.2. The van der Waals surface area contributed by atoms with Crippen molar-refractivity contribution in [2.45, 2.75) is 26.3 Å². The van der Waals surface area contributed by atoms with Gasteiger partial charge in [-0.05, 0) is 6.07 Å². The standard InChI is InChI=1S/C11H11ClN4/c1-7(2)10-15-9-5-8(12)6-14-11(9)16(10)4-3-13/h5-7H,4H2,1-2H3. The quantitative estimate of drug-likeness (QED) is 0.803. The summed E-state index contributed by atoms with van der Waals surface area (Å²) in [5, 5.41) is 9.37. The van der Waals surface area contributed by atoms with Gasteiger partial charge in [-0.1, -0.05) is 25.4 Å². The van der Waals surface area contributed by atoms with Crippen LogP contribution in [0, 0.1) is 11.3 Å². The average molecular weight is 235 g/mol. The molecule has 2 heterocycles. The Bertz CT molecular complexity index is 565. The number of hydrogen-bond donors (Lipinski definition) is 0. The molecule has 0 radical (unpaired) electrons. The second-order valence-corrected chi connectivity index (χ2v) is 4.30. The summed E-state index contributed by atoms with van der Waals surface area (Å²) in [4.78, 5) is 8.68. The molecule has 0 aliphatic heterocycles. The summed E-state index contributed by atoms with van der Waals surface area (Å²) in [6.45, 7) is 4.34. The van der Waals surface area contributed by atoms with Gasteiger partial charge in [0.05, 0.1) is 11.1 Å². The maximum Gasteiger partial charge on any atom is 0.161 e. The molecule has 5 heteroatoms. The maximum atomic E-state index is 8.81. The lowest BCUT2D eigenvalue weighted by Gasteiger charge is -2.06. The predicted molar refractivity (Wildman–Crippen MR) is 62.2 cm³/mol. The Hall–Kier alpha value is -1.60. The van der Waals surface area contributed by atoms with Crippen LogP contribution in [0.5, 0.6) is 0 Å². The highest BCUT2D eigenvalue weighted by molar-refractivity contribution is 6.31. The zero-order chi connectivity index (χ0) is 11.7. The lowest BCUT2D eigenvalue weighted by Crippen LogP contribution is -2.04. The van der Waals surface area contributed by atoms with E-state index in [9.17, 15) is 0 Å². The predicted octanol–water partition coefficient (Wildman–Crippen LogP) is 2.73. The third-order valence-electron chi connectivity index (χ3n) is 2.33. The molecule has 0 spiro atoms. The van der Waals surface area contributed by atoms with Crippen LogP contribution in [0.15, 0.2) is 12.3 Å². The Labute approximate surface area is 98.5 Å². The molecule has 2 aromatic heterocycles. The van der Waals surface area contributed by atoms with Gasteiger partial charge in [-0.2, -0.15) is 5.26 Å². The SMILES string of the molecule is CC(C)c1nc2cc(Cl)cnc2n1CC#N. The van der Waals surface area contributed by atoms with Crippen molar-refractivity contribution >= 4 is 22.8 Å². The van der Waals surface area contributed by atoms with Gasteiger partial charge in [0.15, 0.2) is 5.65 Å². The number of pyridine rings is 1. The molecule has 0 N–H and O–H groups in total. The van der Waals surface area contributed by atoms with Crippen LogP contribution in [-0.4, -0.2) is 14.5 Å². The van der Waals surface area contributed by atoms with Crippen molar-refractivity contribution in [1.29, 1.82) is 5.26 Å². The van der Waals surface area contributed by atoms with E-state index in [1.807, 2.05) is 18.4 Å². The molecule has 0 aliphatic carbocycles. The largest absolute Gasteiger partial charge is 0.298 e. The molecule has 2 rings (SSSR count). The van der Waals surface area contributed by atoms with Gasteiger partial charge in [0.2, 0.25) is 0 Å². The molecule has 0 fully saturated rings. The van der Waals surface area contributed by atoms with E-state index in [0.29, 0.717) is 5.02 Å². The number of halogens is 1. The van der Waals surface area contributed by atoms with Crippen molar-refractivity contribution < 1.29 is 0 Å². The summed E-state index contributed by atoms with van der Waals surface area (Å²) in [5.74, 6) is 1.12. The molecule has 0 saturated heterocycles. The summed E-state index contributed by atoms with van der Waals surface area (Å²) >= 11 is 5.86. The van der Waals surface area contributed by atoms with Crippen molar-refractivity contribution in [3.63, 3.8) is 0 Å². The van der Waals surface area contributed by atoms with Crippen molar-refractivity contribution in [3.05, 3.63) is 23.1 Å². The van der Waals surface area contributed by atoms with Gasteiger partial charge >= 0.3 is 0 Å². The van der Waals surface area contributed by atoms with Crippen molar-refractivity contribution in [2.75, 3.05) is 0 Å². The summed E-state index contributed by atoms with van der Waals surface area (Å²) in [6, 6.07) is 3.89. The van der Waals surface area contributed by atoms with Gasteiger partial charge in [0.25, 0.3) is 0 Å². The fourth-order valence-corrected chi connectivity index (χ4v) is 1.82. The Morgan fingerprint density at radius 2 is 2.31 bits per heavy atom. The fraction of sp³-hybridized carbons (Fsp3) is 0.364. The second kappa shape index (κ2) is 4.11. The lowest BCUT2D eigenvalue weighted by molar-refractivity contribution is 0.692. The molecular weight excluding hydrogens is 224 g/mol. The third kappa shape index (κ3) is 1.74. The number of hydrogen-bond acceptors (Lipinski definition) is 3. The minimum Gasteiger partial charge on any atom is -0.298 e. The van der Waals surface area contributed by atoms with Gasteiger partial charge in [-0.15, -0.1) is 0 Å². The second-order valence-electron chi connectivity index (χ2n) is 3.87. The van der Waals surface area contributed by atoms with Gasteiger partial charge in [-0.3, -0.25) is 4.57 Å². The van der Waals surface area contributed by atoms with Crippen LogP contribution >= 0.6 is 11.6 Å². The first-order chi connectivity index (χ1) is 7.63. The van der Waals surface area contributed by atoms with Crippen molar-refractivity contribution in [2.24, 2.45) is 0 Å². The summed E-state index contributed by atoms with van der Waals surface area (Å²) in [5.41, 5.74) is 1.46. The summed E-state index contributed by atoms with van der Waals surface area (Å²) < 4.78 is 1.83. The number of imidazole rings is 1. The zero-order valence-electron chi connectivity index (χ0n) is 9.11. The smallest absolute Gasteiger partial charge is 0.161 e. The van der Waals surface area contributed by atoms with Crippen LogP contribution < -0.4 is 0 Å². The number of rotatable bonds is 2. The van der Waals surface area contributed by atoms with Crippen LogP contribution in [0.25, 0.3) is 11.2 Å². The minimum atomic E-state index is 0.251. The highest BCUT2D eigenvalue weighted by Crippen LogP contribution is 2.22. The number of fused-ring (bicyclic) bond motifs is 1. The molecule has 0 aromatic carbocycles. The monoisotopic (exact) mass is 234 g/mol. The molecule has 2 aromatic rings. The number of nitriles is 1. The molecule has 0 bridgehead atoms. The molecule has 0 atom stereocenters. The maximum absolute atomic E-state index is 8.81. The van der Waals surface area contributed by atoms with E-state index in [-0.39, 0.29) is 12.5 Å². The van der Waals surface area contributed by atoms with Crippen LogP contribution in [0.4, 0.5) is 0 Å². The van der Waals surface area contributed by atoms with Gasteiger partial charge in [0.1, 0.15) is 17.9 Å². The Morgan fingerprint density at radius 1 is 1.56 bits per heavy atom. The van der Waals surface area contributed by atoms with E-state index in [0.717, 1.165) is 17.0 Å². The van der Waals surface area contributed by atoms with Crippen molar-refractivity contribution in [3.8, 4) is 6.07 Å². The highest BCUT2D eigenvalue weighted by Gasteiger charge is 2.14. The first-order valence-corrected chi connectivity index (χ1v) is 5.40. The fourth-order valence-electron chi connectivity index (χ4n) is 1.67. The molecular formula is C11H11ClN4. The third-order valence-corrected chi connectivity index (χ3v) is 2.53. The van der Waals surface area contributed by atoms with E-state index in [1.165, 1.54) is 0 Å². The topological polar surface area (TPSA) is 54.5 Å².